The number of nitrogens with one attached hydrogen (secondary N) is 1. The molecular weight excluding hydrogens is 166 g/mol. The first-order chi connectivity index (χ1) is 5.93. The average Bonchev–Trinajstić information content (AvgIpc) is 2.14. The molecule has 72 valence electrons. The molecule has 0 amide bonds. The molecule has 0 aliphatic heterocycles. The van der Waals surface area contributed by atoms with Crippen molar-refractivity contribution in [1.82, 2.24) is 5.32 Å². The van der Waals surface area contributed by atoms with Crippen molar-refractivity contribution < 1.29 is 0 Å². The maximum absolute atomic E-state index is 4.19. The van der Waals surface area contributed by atoms with Gasteiger partial charge >= 0.3 is 0 Å². The molecule has 1 N–H and O–H groups in total. The van der Waals surface area contributed by atoms with Crippen molar-refractivity contribution in [3.05, 3.63) is 0 Å². The van der Waals surface area contributed by atoms with Crippen LogP contribution in [0.3, 0.4) is 0 Å². The highest BCUT2D eigenvalue weighted by Crippen LogP contribution is 2.17. The number of unbranched alkanes of at least 4 members (excludes halogenated alkanes) is 1. The highest BCUT2D eigenvalue weighted by atomic mass is 32.1. The summed E-state index contributed by atoms with van der Waals surface area (Å²) in [4.78, 5) is 0. The highest BCUT2D eigenvalue weighted by Gasteiger charge is 2.11. The molecule has 1 saturated carbocycles. The summed E-state index contributed by atoms with van der Waals surface area (Å²) < 4.78 is 0. The smallest absolute Gasteiger partial charge is 0.00670 e. The summed E-state index contributed by atoms with van der Waals surface area (Å²) in [5.41, 5.74) is 0. The van der Waals surface area contributed by atoms with E-state index in [1.807, 2.05) is 0 Å². The molecule has 12 heavy (non-hydrogen) atoms. The van der Waals surface area contributed by atoms with Gasteiger partial charge in [0.15, 0.2) is 0 Å². The van der Waals surface area contributed by atoms with E-state index in [9.17, 15) is 0 Å². The summed E-state index contributed by atoms with van der Waals surface area (Å²) >= 11 is 4.19. The standard InChI is InChI=1S/C10H21NS/c12-9-5-4-8-11-10-6-2-1-3-7-10/h10-12H,1-9H2. The molecule has 1 aliphatic carbocycles. The lowest BCUT2D eigenvalue weighted by Gasteiger charge is -2.22. The van der Waals surface area contributed by atoms with Gasteiger partial charge in [-0.25, -0.2) is 0 Å². The van der Waals surface area contributed by atoms with E-state index in [0.717, 1.165) is 11.8 Å². The summed E-state index contributed by atoms with van der Waals surface area (Å²) in [6.45, 7) is 1.20. The fourth-order valence-corrected chi connectivity index (χ4v) is 2.07. The fraction of sp³-hybridized carbons (Fsp3) is 1.00. The summed E-state index contributed by atoms with van der Waals surface area (Å²) in [5, 5.41) is 3.62. The van der Waals surface area contributed by atoms with Crippen LogP contribution >= 0.6 is 12.6 Å². The zero-order chi connectivity index (χ0) is 8.65. The van der Waals surface area contributed by atoms with Crippen LogP contribution in [0.5, 0.6) is 0 Å². The molecule has 0 spiro atoms. The molecule has 0 aromatic heterocycles. The molecule has 0 aromatic carbocycles. The number of hydrogen-bond donors (Lipinski definition) is 2. The van der Waals surface area contributed by atoms with Crippen molar-refractivity contribution in [3.63, 3.8) is 0 Å². The molecule has 1 fully saturated rings. The maximum Gasteiger partial charge on any atom is 0.00670 e. The van der Waals surface area contributed by atoms with E-state index in [1.54, 1.807) is 0 Å². The van der Waals surface area contributed by atoms with Crippen molar-refractivity contribution in [1.29, 1.82) is 0 Å². The molecule has 2 heteroatoms. The summed E-state index contributed by atoms with van der Waals surface area (Å²) in [6.07, 6.45) is 9.67. The van der Waals surface area contributed by atoms with Crippen LogP contribution in [-0.2, 0) is 0 Å². The second-order valence-electron chi connectivity index (χ2n) is 3.72. The second kappa shape index (κ2) is 6.79. The van der Waals surface area contributed by atoms with Gasteiger partial charge in [0.2, 0.25) is 0 Å². The molecule has 0 aromatic rings. The summed E-state index contributed by atoms with van der Waals surface area (Å²) in [5.74, 6) is 1.03. The molecular formula is C10H21NS. The lowest BCUT2D eigenvalue weighted by atomic mass is 9.95. The molecule has 0 radical (unpaired) electrons. The SMILES string of the molecule is SCCCCNC1CCCCC1. The maximum atomic E-state index is 4.19. The van der Waals surface area contributed by atoms with E-state index in [0.29, 0.717) is 0 Å². The summed E-state index contributed by atoms with van der Waals surface area (Å²) in [7, 11) is 0. The Labute approximate surface area is 81.7 Å². The van der Waals surface area contributed by atoms with Gasteiger partial charge < -0.3 is 5.32 Å². The number of rotatable bonds is 5. The van der Waals surface area contributed by atoms with E-state index >= 15 is 0 Å². The first-order valence-electron chi connectivity index (χ1n) is 5.27. The third kappa shape index (κ3) is 4.36. The van der Waals surface area contributed by atoms with Crippen molar-refractivity contribution in [2.45, 2.75) is 51.0 Å². The minimum Gasteiger partial charge on any atom is -0.314 e. The van der Waals surface area contributed by atoms with Gasteiger partial charge in [0.1, 0.15) is 0 Å². The second-order valence-corrected chi connectivity index (χ2v) is 4.17. The van der Waals surface area contributed by atoms with Gasteiger partial charge in [-0.1, -0.05) is 19.3 Å². The first kappa shape index (κ1) is 10.4. The van der Waals surface area contributed by atoms with Crippen LogP contribution in [0.15, 0.2) is 0 Å². The zero-order valence-corrected chi connectivity index (χ0v) is 8.78. The van der Waals surface area contributed by atoms with Crippen molar-refractivity contribution in [2.75, 3.05) is 12.3 Å². The molecule has 0 unspecified atom stereocenters. The first-order valence-corrected chi connectivity index (χ1v) is 5.91. The van der Waals surface area contributed by atoms with Gasteiger partial charge in [0, 0.05) is 6.04 Å². The Kier molecular flexibility index (Phi) is 5.88. The predicted octanol–water partition coefficient (Wildman–Crippen LogP) is 2.62. The quantitative estimate of drug-likeness (QED) is 0.498. The van der Waals surface area contributed by atoms with Crippen LogP contribution in [-0.4, -0.2) is 18.3 Å². The molecule has 0 bridgehead atoms. The predicted molar refractivity (Wildman–Crippen MR) is 58.0 cm³/mol. The van der Waals surface area contributed by atoms with Crippen LogP contribution in [0.2, 0.25) is 0 Å². The van der Waals surface area contributed by atoms with Gasteiger partial charge in [-0.15, -0.1) is 0 Å². The van der Waals surface area contributed by atoms with Crippen molar-refractivity contribution in [3.8, 4) is 0 Å². The third-order valence-corrected chi connectivity index (χ3v) is 2.94. The van der Waals surface area contributed by atoms with E-state index in [1.165, 1.54) is 51.5 Å². The van der Waals surface area contributed by atoms with E-state index in [4.69, 9.17) is 0 Å². The van der Waals surface area contributed by atoms with Crippen LogP contribution in [0, 0.1) is 0 Å². The van der Waals surface area contributed by atoms with Gasteiger partial charge in [-0.05, 0) is 38.0 Å². The highest BCUT2D eigenvalue weighted by molar-refractivity contribution is 7.80. The Hall–Kier alpha value is 0.310. The number of hydrogen-bond acceptors (Lipinski definition) is 2. The molecule has 1 nitrogen and oxygen atoms in total. The summed E-state index contributed by atoms with van der Waals surface area (Å²) in [6, 6.07) is 0.832. The van der Waals surface area contributed by atoms with Crippen LogP contribution in [0.1, 0.15) is 44.9 Å². The monoisotopic (exact) mass is 187 g/mol. The van der Waals surface area contributed by atoms with Crippen molar-refractivity contribution in [2.24, 2.45) is 0 Å². The van der Waals surface area contributed by atoms with Gasteiger partial charge in [-0.3, -0.25) is 0 Å². The normalized spacial score (nSPS) is 19.8. The largest absolute Gasteiger partial charge is 0.314 e. The molecule has 0 atom stereocenters. The third-order valence-electron chi connectivity index (χ3n) is 2.62. The van der Waals surface area contributed by atoms with E-state index in [-0.39, 0.29) is 0 Å². The van der Waals surface area contributed by atoms with Crippen LogP contribution in [0.25, 0.3) is 0 Å². The Balaban J connectivity index is 1.91. The average molecular weight is 187 g/mol. The topological polar surface area (TPSA) is 12.0 Å². The van der Waals surface area contributed by atoms with Gasteiger partial charge in [0.25, 0.3) is 0 Å². The van der Waals surface area contributed by atoms with Gasteiger partial charge in [-0.2, -0.15) is 12.6 Å². The zero-order valence-electron chi connectivity index (χ0n) is 7.89. The number of thiol groups is 1. The molecule has 0 heterocycles. The lowest BCUT2D eigenvalue weighted by molar-refractivity contribution is 0.372. The molecule has 1 rings (SSSR count). The molecule has 0 saturated heterocycles. The Morgan fingerprint density at radius 1 is 1.08 bits per heavy atom. The van der Waals surface area contributed by atoms with Crippen LogP contribution < -0.4 is 5.32 Å². The Morgan fingerprint density at radius 2 is 1.83 bits per heavy atom. The Morgan fingerprint density at radius 3 is 2.50 bits per heavy atom. The lowest BCUT2D eigenvalue weighted by Crippen LogP contribution is -2.31. The van der Waals surface area contributed by atoms with Crippen molar-refractivity contribution >= 4 is 12.6 Å². The van der Waals surface area contributed by atoms with E-state index in [2.05, 4.69) is 17.9 Å². The Bertz CT molecular complexity index is 100. The minimum atomic E-state index is 0.832. The molecule has 1 aliphatic rings. The van der Waals surface area contributed by atoms with Crippen LogP contribution in [0.4, 0.5) is 0 Å². The fourth-order valence-electron chi connectivity index (χ4n) is 1.85. The van der Waals surface area contributed by atoms with E-state index < -0.39 is 0 Å². The van der Waals surface area contributed by atoms with Gasteiger partial charge in [0.05, 0.1) is 0 Å². The minimum absolute atomic E-state index is 0.832.